The maximum absolute atomic E-state index is 5.66. The Balaban J connectivity index is 0.000000810. The van der Waals surface area contributed by atoms with Gasteiger partial charge in [-0.05, 0) is 28.1 Å². The molecule has 0 atom stereocenters. The number of para-hydroxylation sites is 1. The monoisotopic (exact) mass is 241 g/mol. The summed E-state index contributed by atoms with van der Waals surface area (Å²) in [5.74, 6) is 0. The van der Waals surface area contributed by atoms with Gasteiger partial charge in [0.2, 0.25) is 0 Å². The summed E-state index contributed by atoms with van der Waals surface area (Å²) in [6.45, 7) is 0. The van der Waals surface area contributed by atoms with Crippen LogP contribution in [0, 0.1) is 0 Å². The van der Waals surface area contributed by atoms with E-state index in [2.05, 4.69) is 15.9 Å². The third kappa shape index (κ3) is 2.04. The van der Waals surface area contributed by atoms with Gasteiger partial charge in [-0.3, -0.25) is 0 Å². The Bertz CT molecular complexity index is 207. The van der Waals surface area contributed by atoms with Gasteiger partial charge >= 0.3 is 0 Å². The first-order valence-electron chi connectivity index (χ1n) is 2.41. The smallest absolute Gasteiger partial charge is 0.0647 e. The van der Waals surface area contributed by atoms with Crippen LogP contribution >= 0.6 is 39.9 Å². The van der Waals surface area contributed by atoms with Crippen molar-refractivity contribution in [2.45, 2.75) is 0 Å². The number of rotatable bonds is 0. The van der Waals surface area contributed by atoms with Crippen molar-refractivity contribution in [2.75, 3.05) is 5.73 Å². The molecule has 0 aromatic heterocycles. The van der Waals surface area contributed by atoms with Gasteiger partial charge in [-0.25, -0.2) is 0 Å². The van der Waals surface area contributed by atoms with E-state index in [4.69, 9.17) is 17.3 Å². The summed E-state index contributed by atoms with van der Waals surface area (Å²) in [4.78, 5) is 0. The molecule has 0 spiro atoms. The number of halogens is 3. The van der Waals surface area contributed by atoms with Crippen LogP contribution in [0.25, 0.3) is 0 Å². The summed E-state index contributed by atoms with van der Waals surface area (Å²) in [6, 6.07) is 5.44. The van der Waals surface area contributed by atoms with Crippen molar-refractivity contribution in [2.24, 2.45) is 0 Å². The molecule has 0 aliphatic heterocycles. The number of nitrogens with two attached hydrogens (primary N) is 1. The second-order valence-electron chi connectivity index (χ2n) is 1.64. The van der Waals surface area contributed by atoms with E-state index in [9.17, 15) is 0 Å². The van der Waals surface area contributed by atoms with Crippen LogP contribution in [0.1, 0.15) is 0 Å². The van der Waals surface area contributed by atoms with Crippen molar-refractivity contribution < 1.29 is 0 Å². The Morgan fingerprint density at radius 1 is 1.40 bits per heavy atom. The summed E-state index contributed by atoms with van der Waals surface area (Å²) in [6.07, 6.45) is 0. The van der Waals surface area contributed by atoms with Crippen LogP contribution in [0.5, 0.6) is 0 Å². The molecule has 0 heterocycles. The summed E-state index contributed by atoms with van der Waals surface area (Å²) in [5, 5.41) is 0.587. The van der Waals surface area contributed by atoms with Crippen LogP contribution in [0.3, 0.4) is 0 Å². The molecule has 0 amide bonds. The van der Waals surface area contributed by atoms with Gasteiger partial charge in [-0.1, -0.05) is 17.7 Å². The number of hydrogen-bond donors (Lipinski definition) is 1. The average Bonchev–Trinajstić information content (AvgIpc) is 1.83. The number of hydrogen-bond acceptors (Lipinski definition) is 1. The maximum Gasteiger partial charge on any atom is 0.0647 e. The Morgan fingerprint density at radius 3 is 2.40 bits per heavy atom. The van der Waals surface area contributed by atoms with Crippen molar-refractivity contribution in [3.8, 4) is 0 Å². The predicted molar refractivity (Wildman–Crippen MR) is 50.8 cm³/mol. The minimum Gasteiger partial charge on any atom is -0.397 e. The van der Waals surface area contributed by atoms with Gasteiger partial charge in [0.1, 0.15) is 0 Å². The SMILES string of the molecule is Cl.Nc1c(Cl)cccc1Br. The van der Waals surface area contributed by atoms with E-state index in [1.165, 1.54) is 0 Å². The van der Waals surface area contributed by atoms with Gasteiger partial charge in [0.25, 0.3) is 0 Å². The quantitative estimate of drug-likeness (QED) is 0.696. The summed E-state index contributed by atoms with van der Waals surface area (Å²) >= 11 is 8.90. The van der Waals surface area contributed by atoms with Crippen LogP contribution in [-0.2, 0) is 0 Å². The fraction of sp³-hybridized carbons (Fsp3) is 0. The molecular weight excluding hydrogens is 237 g/mol. The van der Waals surface area contributed by atoms with Crippen molar-refractivity contribution in [1.82, 2.24) is 0 Å². The second-order valence-corrected chi connectivity index (χ2v) is 2.90. The van der Waals surface area contributed by atoms with E-state index in [0.29, 0.717) is 10.7 Å². The molecule has 0 bridgehead atoms. The minimum atomic E-state index is 0. The highest BCUT2D eigenvalue weighted by molar-refractivity contribution is 9.10. The normalized spacial score (nSPS) is 8.60. The van der Waals surface area contributed by atoms with E-state index in [1.54, 1.807) is 6.07 Å². The first-order chi connectivity index (χ1) is 4.22. The standard InChI is InChI=1S/C6H5BrClN.ClH/c7-4-2-1-3-5(8)6(4)9;/h1-3H,9H2;1H. The third-order valence-corrected chi connectivity index (χ3v) is 2.02. The van der Waals surface area contributed by atoms with Crippen molar-refractivity contribution in [3.63, 3.8) is 0 Å². The Hall–Kier alpha value is 0.0800. The summed E-state index contributed by atoms with van der Waals surface area (Å²) in [5.41, 5.74) is 6.10. The fourth-order valence-corrected chi connectivity index (χ4v) is 1.17. The van der Waals surface area contributed by atoms with Gasteiger partial charge in [-0.2, -0.15) is 0 Å². The fourth-order valence-electron chi connectivity index (χ4n) is 0.511. The van der Waals surface area contributed by atoms with Gasteiger partial charge in [0.15, 0.2) is 0 Å². The minimum absolute atomic E-state index is 0. The van der Waals surface area contributed by atoms with Crippen LogP contribution < -0.4 is 5.73 Å². The van der Waals surface area contributed by atoms with Crippen LogP contribution in [-0.4, -0.2) is 0 Å². The molecule has 1 aromatic carbocycles. The van der Waals surface area contributed by atoms with Gasteiger partial charge in [0, 0.05) is 4.47 Å². The molecule has 0 aliphatic rings. The van der Waals surface area contributed by atoms with Gasteiger partial charge in [-0.15, -0.1) is 12.4 Å². The van der Waals surface area contributed by atoms with E-state index in [-0.39, 0.29) is 12.4 Å². The molecule has 1 aromatic rings. The molecule has 0 unspecified atom stereocenters. The third-order valence-electron chi connectivity index (χ3n) is 1.000. The van der Waals surface area contributed by atoms with E-state index in [1.807, 2.05) is 12.1 Å². The highest BCUT2D eigenvalue weighted by Crippen LogP contribution is 2.26. The molecule has 0 radical (unpaired) electrons. The predicted octanol–water partition coefficient (Wildman–Crippen LogP) is 3.11. The van der Waals surface area contributed by atoms with Crippen LogP contribution in [0.2, 0.25) is 5.02 Å². The van der Waals surface area contributed by atoms with Crippen LogP contribution in [0.4, 0.5) is 5.69 Å². The largest absolute Gasteiger partial charge is 0.397 e. The van der Waals surface area contributed by atoms with Crippen LogP contribution in [0.15, 0.2) is 22.7 Å². The summed E-state index contributed by atoms with van der Waals surface area (Å²) < 4.78 is 0.843. The van der Waals surface area contributed by atoms with E-state index >= 15 is 0 Å². The van der Waals surface area contributed by atoms with Crippen molar-refractivity contribution in [3.05, 3.63) is 27.7 Å². The number of nitrogen functional groups attached to an aromatic ring is 1. The van der Waals surface area contributed by atoms with Gasteiger partial charge < -0.3 is 5.73 Å². The highest BCUT2D eigenvalue weighted by Gasteiger charge is 1.96. The number of benzene rings is 1. The molecule has 1 rings (SSSR count). The average molecular weight is 243 g/mol. The molecule has 0 saturated carbocycles. The Morgan fingerprint density at radius 2 is 2.00 bits per heavy atom. The molecule has 0 aliphatic carbocycles. The number of anilines is 1. The van der Waals surface area contributed by atoms with E-state index in [0.717, 1.165) is 4.47 Å². The Kier molecular flexibility index (Phi) is 4.09. The first-order valence-corrected chi connectivity index (χ1v) is 3.58. The van der Waals surface area contributed by atoms with Crippen molar-refractivity contribution in [1.29, 1.82) is 0 Å². The lowest BCUT2D eigenvalue weighted by Crippen LogP contribution is -1.85. The molecule has 2 N–H and O–H groups in total. The van der Waals surface area contributed by atoms with Gasteiger partial charge in [0.05, 0.1) is 10.7 Å². The second kappa shape index (κ2) is 4.06. The Labute approximate surface area is 79.1 Å². The lowest BCUT2D eigenvalue weighted by Gasteiger charge is -1.97. The zero-order valence-corrected chi connectivity index (χ0v) is 8.13. The molecular formula is C6H6BrCl2N. The first kappa shape index (κ1) is 10.1. The maximum atomic E-state index is 5.66. The molecule has 1 nitrogen and oxygen atoms in total. The summed E-state index contributed by atoms with van der Waals surface area (Å²) in [7, 11) is 0. The molecule has 10 heavy (non-hydrogen) atoms. The molecule has 56 valence electrons. The van der Waals surface area contributed by atoms with E-state index < -0.39 is 0 Å². The molecule has 0 saturated heterocycles. The zero-order valence-electron chi connectivity index (χ0n) is 4.97. The lowest BCUT2D eigenvalue weighted by atomic mass is 10.3. The molecule has 4 heteroatoms. The van der Waals surface area contributed by atoms with Crippen molar-refractivity contribution >= 4 is 45.6 Å². The highest BCUT2D eigenvalue weighted by atomic mass is 79.9. The zero-order chi connectivity index (χ0) is 6.85. The lowest BCUT2D eigenvalue weighted by molar-refractivity contribution is 1.63. The topological polar surface area (TPSA) is 26.0 Å². The molecule has 0 fully saturated rings.